The van der Waals surface area contributed by atoms with Gasteiger partial charge in [-0.1, -0.05) is 24.2 Å². The van der Waals surface area contributed by atoms with E-state index in [2.05, 4.69) is 27.6 Å². The van der Waals surface area contributed by atoms with Crippen molar-refractivity contribution in [3.63, 3.8) is 0 Å². The van der Waals surface area contributed by atoms with Crippen molar-refractivity contribution in [1.29, 1.82) is 0 Å². The molecule has 0 aliphatic carbocycles. The normalized spacial score (nSPS) is 14.4. The highest BCUT2D eigenvalue weighted by Gasteiger charge is 2.38. The van der Waals surface area contributed by atoms with Gasteiger partial charge in [-0.05, 0) is 48.9 Å². The molecule has 44 heavy (non-hydrogen) atoms. The minimum atomic E-state index is -5.08. The van der Waals surface area contributed by atoms with Crippen LogP contribution in [0.2, 0.25) is 0 Å². The van der Waals surface area contributed by atoms with Crippen molar-refractivity contribution in [2.75, 3.05) is 43.4 Å². The summed E-state index contributed by atoms with van der Waals surface area (Å²) in [5, 5.41) is 15.8. The molecule has 1 aliphatic rings. The van der Waals surface area contributed by atoms with Gasteiger partial charge < -0.3 is 25.2 Å². The predicted molar refractivity (Wildman–Crippen MR) is 146 cm³/mol. The molecule has 238 valence electrons. The van der Waals surface area contributed by atoms with E-state index in [0.717, 1.165) is 25.7 Å². The third kappa shape index (κ3) is 9.54. The number of alkyl halides is 6. The predicted octanol–water partition coefficient (Wildman–Crippen LogP) is 5.28. The van der Waals surface area contributed by atoms with Crippen LogP contribution in [0.15, 0.2) is 53.2 Å². The third-order valence-corrected chi connectivity index (χ3v) is 6.63. The molecule has 2 amide bonds. The summed E-state index contributed by atoms with van der Waals surface area (Å²) in [4.78, 5) is 38.3. The molecule has 1 aromatic heterocycles. The molecule has 16 heteroatoms. The Morgan fingerprint density at radius 3 is 2.09 bits per heavy atom. The molecule has 1 fully saturated rings. The van der Waals surface area contributed by atoms with Crippen molar-refractivity contribution < 1.29 is 50.4 Å². The highest BCUT2D eigenvalue weighted by Crippen LogP contribution is 2.35. The van der Waals surface area contributed by atoms with Crippen LogP contribution in [-0.4, -0.2) is 76.7 Å². The Labute approximate surface area is 247 Å². The van der Waals surface area contributed by atoms with Gasteiger partial charge in [-0.25, -0.2) is 4.79 Å². The van der Waals surface area contributed by atoms with E-state index in [0.29, 0.717) is 24.3 Å². The van der Waals surface area contributed by atoms with E-state index in [-0.39, 0.29) is 29.1 Å². The highest BCUT2D eigenvalue weighted by molar-refractivity contribution is 6.07. The molecule has 0 radical (unpaired) electrons. The van der Waals surface area contributed by atoms with E-state index in [1.165, 1.54) is 36.5 Å². The molecule has 1 aliphatic heterocycles. The highest BCUT2D eigenvalue weighted by atomic mass is 19.4. The van der Waals surface area contributed by atoms with E-state index in [9.17, 15) is 35.9 Å². The molecule has 2 heterocycles. The summed E-state index contributed by atoms with van der Waals surface area (Å²) >= 11 is 0. The molecule has 0 bridgehead atoms. The second kappa shape index (κ2) is 14.4. The zero-order chi connectivity index (χ0) is 32.7. The van der Waals surface area contributed by atoms with E-state index >= 15 is 0 Å². The topological polar surface area (TPSA) is 128 Å². The van der Waals surface area contributed by atoms with Crippen LogP contribution < -0.4 is 10.6 Å². The van der Waals surface area contributed by atoms with Crippen LogP contribution in [0.4, 0.5) is 37.7 Å². The lowest BCUT2D eigenvalue weighted by atomic mass is 10.0. The van der Waals surface area contributed by atoms with Crippen molar-refractivity contribution in [3.05, 3.63) is 76.7 Å². The van der Waals surface area contributed by atoms with E-state index in [1.54, 1.807) is 13.0 Å². The van der Waals surface area contributed by atoms with Crippen LogP contribution in [0.1, 0.15) is 44.5 Å². The summed E-state index contributed by atoms with van der Waals surface area (Å²) < 4.78 is 78.3. The Morgan fingerprint density at radius 1 is 0.909 bits per heavy atom. The number of nitrogens with one attached hydrogen (secondary N) is 2. The van der Waals surface area contributed by atoms with Crippen LogP contribution in [-0.2, 0) is 17.5 Å². The van der Waals surface area contributed by atoms with Crippen LogP contribution in [0.25, 0.3) is 0 Å². The van der Waals surface area contributed by atoms with Crippen LogP contribution >= 0.6 is 0 Å². The average Bonchev–Trinajstić information content (AvgIpc) is 3.50. The Balaban J connectivity index is 0.000000676. The number of carboxylic acid groups (broad SMARTS) is 1. The fourth-order valence-electron chi connectivity index (χ4n) is 4.18. The summed E-state index contributed by atoms with van der Waals surface area (Å²) in [5.41, 5.74) is 0.654. The number of carbonyl (C=O) groups excluding carboxylic acids is 2. The van der Waals surface area contributed by atoms with Crippen molar-refractivity contribution in [2.45, 2.75) is 32.7 Å². The average molecular weight is 630 g/mol. The zero-order valence-corrected chi connectivity index (χ0v) is 23.6. The van der Waals surface area contributed by atoms with E-state index < -0.39 is 35.7 Å². The number of piperazine rings is 1. The minimum Gasteiger partial charge on any atom is -0.475 e. The number of aromatic nitrogens is 1. The molecular formula is C28H29F6N5O5. The fraction of sp³-hybridized carbons (Fsp3) is 0.357. The Morgan fingerprint density at radius 2 is 1.55 bits per heavy atom. The molecule has 0 unspecified atom stereocenters. The summed E-state index contributed by atoms with van der Waals surface area (Å²) in [5.74, 6) is -3.90. The Hall–Kier alpha value is -4.44. The second-order valence-electron chi connectivity index (χ2n) is 9.70. The number of amides is 2. The molecule has 3 aromatic rings. The van der Waals surface area contributed by atoms with Crippen molar-refractivity contribution in [1.82, 2.24) is 15.0 Å². The number of aryl methyl sites for hydroxylation is 1. The lowest BCUT2D eigenvalue weighted by Gasteiger charge is -2.34. The molecule has 0 atom stereocenters. The van der Waals surface area contributed by atoms with Gasteiger partial charge in [0.2, 0.25) is 5.76 Å². The summed E-state index contributed by atoms with van der Waals surface area (Å²) in [6, 6.07) is 9.88. The summed E-state index contributed by atoms with van der Waals surface area (Å²) in [6.45, 7) is 7.97. The maximum Gasteiger partial charge on any atom is 0.490 e. The Bertz CT molecular complexity index is 1450. The lowest BCUT2D eigenvalue weighted by molar-refractivity contribution is -0.192. The standard InChI is InChI=1S/C26H28F3N5O3.C2HF3O2/c1-3-33-10-12-34(13-11-33)16-19-6-7-20(15-21(19)26(27,28)29)31-24(35)18-5-4-17(2)22(14-18)32-25(36)23-8-9-30-37-23;3-2(4,5)1(6)7/h4-9,14-15H,3,10-13,16H2,1-2H3,(H,31,35)(H,32,36);(H,6,7). The number of carboxylic acids is 1. The quantitative estimate of drug-likeness (QED) is 0.302. The number of hydrogen-bond acceptors (Lipinski definition) is 7. The van der Waals surface area contributed by atoms with Gasteiger partial charge in [0, 0.05) is 55.7 Å². The minimum absolute atomic E-state index is 0.00117. The van der Waals surface area contributed by atoms with Crippen LogP contribution in [0.5, 0.6) is 0 Å². The number of anilines is 2. The second-order valence-corrected chi connectivity index (χ2v) is 9.70. The van der Waals surface area contributed by atoms with Gasteiger partial charge in [0.05, 0.1) is 11.8 Å². The number of benzene rings is 2. The first-order valence-corrected chi connectivity index (χ1v) is 13.2. The van der Waals surface area contributed by atoms with Crippen molar-refractivity contribution >= 4 is 29.2 Å². The van der Waals surface area contributed by atoms with Gasteiger partial charge in [0.1, 0.15) is 0 Å². The molecule has 0 saturated carbocycles. The summed E-state index contributed by atoms with van der Waals surface area (Å²) in [6.07, 6.45) is -8.32. The van der Waals surface area contributed by atoms with Gasteiger partial charge >= 0.3 is 18.3 Å². The largest absolute Gasteiger partial charge is 0.490 e. The molecular weight excluding hydrogens is 600 g/mol. The number of likely N-dealkylation sites (N-methyl/N-ethyl adjacent to an activating group) is 1. The number of rotatable bonds is 7. The number of aliphatic carboxylic acids is 1. The molecule has 3 N–H and O–H groups in total. The smallest absolute Gasteiger partial charge is 0.475 e. The van der Waals surface area contributed by atoms with Crippen molar-refractivity contribution in [2.24, 2.45) is 0 Å². The first kappa shape index (κ1) is 34.1. The van der Waals surface area contributed by atoms with Crippen molar-refractivity contribution in [3.8, 4) is 0 Å². The Kier molecular flexibility index (Phi) is 11.1. The lowest BCUT2D eigenvalue weighted by Crippen LogP contribution is -2.45. The van der Waals surface area contributed by atoms with Gasteiger partial charge in [-0.3, -0.25) is 14.5 Å². The first-order chi connectivity index (χ1) is 20.6. The number of hydrogen-bond donors (Lipinski definition) is 3. The van der Waals surface area contributed by atoms with Gasteiger partial charge in [-0.2, -0.15) is 26.3 Å². The van der Waals surface area contributed by atoms with Gasteiger partial charge in [-0.15, -0.1) is 0 Å². The molecule has 10 nitrogen and oxygen atoms in total. The molecule has 4 rings (SSSR count). The monoisotopic (exact) mass is 629 g/mol. The third-order valence-electron chi connectivity index (χ3n) is 6.63. The van der Waals surface area contributed by atoms with E-state index in [1.807, 2.05) is 4.90 Å². The maximum atomic E-state index is 13.9. The number of carbonyl (C=O) groups is 3. The molecule has 1 saturated heterocycles. The van der Waals surface area contributed by atoms with Crippen LogP contribution in [0.3, 0.4) is 0 Å². The van der Waals surface area contributed by atoms with E-state index in [4.69, 9.17) is 14.4 Å². The number of halogens is 6. The molecule has 2 aromatic carbocycles. The van der Waals surface area contributed by atoms with Crippen LogP contribution in [0, 0.1) is 6.92 Å². The van der Waals surface area contributed by atoms with Gasteiger partial charge in [0.15, 0.2) is 0 Å². The summed E-state index contributed by atoms with van der Waals surface area (Å²) in [7, 11) is 0. The van der Waals surface area contributed by atoms with Gasteiger partial charge in [0.25, 0.3) is 11.8 Å². The molecule has 0 spiro atoms. The zero-order valence-electron chi connectivity index (χ0n) is 23.6. The maximum absolute atomic E-state index is 13.9. The fourth-order valence-corrected chi connectivity index (χ4v) is 4.18. The number of nitrogens with zero attached hydrogens (tertiary/aromatic N) is 3. The SMILES string of the molecule is CCN1CCN(Cc2ccc(NC(=O)c3ccc(C)c(NC(=O)c4ccno4)c3)cc2C(F)(F)F)CC1.O=C(O)C(F)(F)F. The first-order valence-electron chi connectivity index (χ1n) is 13.2.